The smallest absolute Gasteiger partial charge is 0.416 e. The minimum Gasteiger partial charge on any atom is -0.494 e. The lowest BCUT2D eigenvalue weighted by Gasteiger charge is -2.16. The number of nitrogens with one attached hydrogen (secondary N) is 1. The lowest BCUT2D eigenvalue weighted by atomic mass is 10.0. The second kappa shape index (κ2) is 13.3. The first-order chi connectivity index (χ1) is 18.0. The maximum atomic E-state index is 12.8. The van der Waals surface area contributed by atoms with Crippen molar-refractivity contribution in [2.75, 3.05) is 26.2 Å². The number of rotatable bonds is 8. The largest absolute Gasteiger partial charge is 0.494 e. The number of fused-ring (bicyclic) bond motifs is 1. The van der Waals surface area contributed by atoms with Crippen LogP contribution in [0, 0.1) is 11.8 Å². The Morgan fingerprint density at radius 2 is 1.61 bits per heavy atom. The molecular weight excluding hydrogens is 505 g/mol. The summed E-state index contributed by atoms with van der Waals surface area (Å²) in [6.07, 6.45) is 0.739. The van der Waals surface area contributed by atoms with Crippen molar-refractivity contribution in [1.82, 2.24) is 10.2 Å². The van der Waals surface area contributed by atoms with E-state index in [1.807, 2.05) is 0 Å². The molecule has 2 atom stereocenters. The lowest BCUT2D eigenvalue weighted by molar-refractivity contribution is -0.159. The van der Waals surface area contributed by atoms with Crippen molar-refractivity contribution >= 4 is 17.8 Å². The molecule has 38 heavy (non-hydrogen) atoms. The second-order valence-electron chi connectivity index (χ2n) is 9.43. The number of hydrogen-bond donors (Lipinski definition) is 3. The summed E-state index contributed by atoms with van der Waals surface area (Å²) in [7, 11) is 0. The summed E-state index contributed by atoms with van der Waals surface area (Å²) in [6, 6.07) is 11.8. The topological polar surface area (TPSA) is 116 Å². The Hall–Kier alpha value is -3.60. The monoisotopic (exact) mass is 536 g/mol. The van der Waals surface area contributed by atoms with Crippen LogP contribution < -0.4 is 10.1 Å². The third kappa shape index (κ3) is 8.76. The van der Waals surface area contributed by atoms with Gasteiger partial charge in [0.25, 0.3) is 5.91 Å². The van der Waals surface area contributed by atoms with E-state index >= 15 is 0 Å². The van der Waals surface area contributed by atoms with Crippen molar-refractivity contribution in [2.45, 2.75) is 38.4 Å². The van der Waals surface area contributed by atoms with Crippen LogP contribution in [0.4, 0.5) is 13.2 Å². The first-order valence-corrected chi connectivity index (χ1v) is 12.4. The molecule has 2 unspecified atom stereocenters. The highest BCUT2D eigenvalue weighted by Crippen LogP contribution is 2.37. The van der Waals surface area contributed by atoms with Crippen LogP contribution in [0.25, 0.3) is 0 Å². The number of halogens is 3. The second-order valence-corrected chi connectivity index (χ2v) is 9.43. The zero-order valence-electron chi connectivity index (χ0n) is 20.7. The maximum Gasteiger partial charge on any atom is 0.416 e. The van der Waals surface area contributed by atoms with E-state index in [-0.39, 0.29) is 12.5 Å². The highest BCUT2D eigenvalue weighted by molar-refractivity contribution is 6.27. The van der Waals surface area contributed by atoms with E-state index in [0.717, 1.165) is 36.9 Å². The van der Waals surface area contributed by atoms with Gasteiger partial charge in [-0.25, -0.2) is 9.59 Å². The molecule has 1 heterocycles. The quantitative estimate of drug-likeness (QED) is 0.341. The van der Waals surface area contributed by atoms with Gasteiger partial charge in [-0.05, 0) is 73.1 Å². The number of nitrogens with zero attached hydrogens (tertiary/aromatic N) is 1. The van der Waals surface area contributed by atoms with Crippen LogP contribution >= 0.6 is 0 Å². The van der Waals surface area contributed by atoms with E-state index in [9.17, 15) is 18.0 Å². The van der Waals surface area contributed by atoms with Crippen molar-refractivity contribution in [1.29, 1.82) is 0 Å². The van der Waals surface area contributed by atoms with Gasteiger partial charge in [-0.15, -0.1) is 0 Å². The van der Waals surface area contributed by atoms with Crippen molar-refractivity contribution < 1.29 is 42.5 Å². The average Bonchev–Trinajstić information content (AvgIpc) is 3.48. The predicted molar refractivity (Wildman–Crippen MR) is 132 cm³/mol. The molecule has 1 saturated carbocycles. The molecular formula is C27H31F3N2O6. The Morgan fingerprint density at radius 3 is 2.18 bits per heavy atom. The van der Waals surface area contributed by atoms with E-state index in [2.05, 4.69) is 10.2 Å². The normalized spacial score (nSPS) is 18.7. The molecule has 0 spiro atoms. The Kier molecular flexibility index (Phi) is 10.1. The minimum absolute atomic E-state index is 0.0270. The van der Waals surface area contributed by atoms with Crippen molar-refractivity contribution in [3.63, 3.8) is 0 Å². The van der Waals surface area contributed by atoms with Crippen LogP contribution in [0.3, 0.4) is 0 Å². The van der Waals surface area contributed by atoms with Crippen molar-refractivity contribution in [3.05, 3.63) is 65.2 Å². The molecule has 0 bridgehead atoms. The fourth-order valence-electron chi connectivity index (χ4n) is 4.84. The standard InChI is InChI=1S/C25H29F3N2O2.C2H2O4/c26-25(27,28)22-7-1-4-18(14-22)15-29-24(31)19-8-10-23(11-9-19)32-13-3-12-30-16-20-5-2-6-21(20)17-30;3-1(4)2(5)6/h1,4,7-11,14,20-21H,2-3,5-6,12-13,15-17H2,(H,29,31);(H,3,4)(H,5,6). The molecule has 1 saturated heterocycles. The van der Waals surface area contributed by atoms with Gasteiger partial charge in [0, 0.05) is 31.7 Å². The molecule has 206 valence electrons. The van der Waals surface area contributed by atoms with Crippen LogP contribution in [0.15, 0.2) is 48.5 Å². The summed E-state index contributed by atoms with van der Waals surface area (Å²) in [5.41, 5.74) is 0.112. The molecule has 8 nitrogen and oxygen atoms in total. The van der Waals surface area contributed by atoms with E-state index in [0.29, 0.717) is 23.5 Å². The van der Waals surface area contributed by atoms with Gasteiger partial charge in [0.05, 0.1) is 12.2 Å². The number of carboxylic acid groups (broad SMARTS) is 2. The zero-order valence-corrected chi connectivity index (χ0v) is 20.7. The molecule has 1 amide bonds. The maximum absolute atomic E-state index is 12.8. The molecule has 2 aromatic rings. The first kappa shape index (κ1) is 29.0. The SMILES string of the molecule is O=C(NCc1cccc(C(F)(F)F)c1)c1ccc(OCCCN2CC3CCCC3C2)cc1.O=C(O)C(=O)O. The van der Waals surface area contributed by atoms with E-state index < -0.39 is 23.7 Å². The van der Waals surface area contributed by atoms with E-state index in [1.54, 1.807) is 30.3 Å². The van der Waals surface area contributed by atoms with Gasteiger partial charge in [0.1, 0.15) is 5.75 Å². The molecule has 0 aromatic heterocycles. The number of amides is 1. The molecule has 1 aliphatic heterocycles. The molecule has 2 aromatic carbocycles. The minimum atomic E-state index is -4.40. The molecule has 2 aliphatic rings. The van der Waals surface area contributed by atoms with Gasteiger partial charge in [-0.2, -0.15) is 13.2 Å². The number of likely N-dealkylation sites (tertiary alicyclic amines) is 1. The van der Waals surface area contributed by atoms with Gasteiger partial charge >= 0.3 is 18.1 Å². The summed E-state index contributed by atoms with van der Waals surface area (Å²) in [5.74, 6) is -1.47. The molecule has 11 heteroatoms. The number of carboxylic acids is 2. The number of benzene rings is 2. The van der Waals surface area contributed by atoms with Gasteiger partial charge in [-0.3, -0.25) is 4.79 Å². The summed E-state index contributed by atoms with van der Waals surface area (Å²) >= 11 is 0. The molecule has 4 rings (SSSR count). The zero-order chi connectivity index (χ0) is 27.7. The summed E-state index contributed by atoms with van der Waals surface area (Å²) in [5, 5.41) is 17.4. The van der Waals surface area contributed by atoms with Gasteiger partial charge in [0.15, 0.2) is 0 Å². The number of carbonyl (C=O) groups excluding carboxylic acids is 1. The fraction of sp³-hybridized carbons (Fsp3) is 0.444. The van der Waals surface area contributed by atoms with Crippen LogP contribution in [-0.4, -0.2) is 59.2 Å². The molecule has 1 aliphatic carbocycles. The molecule has 0 radical (unpaired) electrons. The Morgan fingerprint density at radius 1 is 0.974 bits per heavy atom. The van der Waals surface area contributed by atoms with Crippen LogP contribution in [0.5, 0.6) is 5.75 Å². The van der Waals surface area contributed by atoms with Crippen LogP contribution in [-0.2, 0) is 22.3 Å². The first-order valence-electron chi connectivity index (χ1n) is 12.4. The number of carbonyl (C=O) groups is 3. The van der Waals surface area contributed by atoms with Gasteiger partial charge in [-0.1, -0.05) is 18.6 Å². The van der Waals surface area contributed by atoms with E-state index in [1.165, 1.54) is 38.4 Å². The third-order valence-electron chi connectivity index (χ3n) is 6.70. The summed E-state index contributed by atoms with van der Waals surface area (Å²) in [6.45, 7) is 4.18. The van der Waals surface area contributed by atoms with Crippen molar-refractivity contribution in [2.24, 2.45) is 11.8 Å². The number of alkyl halides is 3. The highest BCUT2D eigenvalue weighted by atomic mass is 19.4. The predicted octanol–water partition coefficient (Wildman–Crippen LogP) is 4.29. The Bertz CT molecular complexity index is 1080. The fourth-order valence-corrected chi connectivity index (χ4v) is 4.84. The van der Waals surface area contributed by atoms with E-state index in [4.69, 9.17) is 24.5 Å². The Labute approximate surface area is 218 Å². The lowest BCUT2D eigenvalue weighted by Crippen LogP contribution is -2.24. The number of aliphatic carboxylic acids is 2. The molecule has 2 fully saturated rings. The average molecular weight is 537 g/mol. The Balaban J connectivity index is 0.000000599. The van der Waals surface area contributed by atoms with Crippen LogP contribution in [0.2, 0.25) is 0 Å². The molecule has 3 N–H and O–H groups in total. The van der Waals surface area contributed by atoms with Gasteiger partial charge in [0.2, 0.25) is 0 Å². The van der Waals surface area contributed by atoms with Gasteiger partial charge < -0.3 is 25.2 Å². The van der Waals surface area contributed by atoms with Crippen molar-refractivity contribution in [3.8, 4) is 5.75 Å². The van der Waals surface area contributed by atoms with Crippen LogP contribution in [0.1, 0.15) is 47.2 Å². The summed E-state index contributed by atoms with van der Waals surface area (Å²) in [4.78, 5) is 33.1. The number of ether oxygens (including phenoxy) is 1. The third-order valence-corrected chi connectivity index (χ3v) is 6.70. The number of hydrogen-bond acceptors (Lipinski definition) is 5. The summed E-state index contributed by atoms with van der Waals surface area (Å²) < 4.78 is 44.2. The highest BCUT2D eigenvalue weighted by Gasteiger charge is 2.35.